The zero-order chi connectivity index (χ0) is 14.9. The van der Waals surface area contributed by atoms with E-state index in [0.29, 0.717) is 6.04 Å². The molecule has 2 unspecified atom stereocenters. The number of benzene rings is 1. The summed E-state index contributed by atoms with van der Waals surface area (Å²) in [5.74, 6) is 1.74. The number of hydrogen-bond donors (Lipinski definition) is 1. The molecule has 1 saturated carbocycles. The number of piperazine rings is 1. The van der Waals surface area contributed by atoms with Gasteiger partial charge >= 0.3 is 0 Å². The van der Waals surface area contributed by atoms with Gasteiger partial charge in [0.25, 0.3) is 0 Å². The molecule has 2 heteroatoms. The van der Waals surface area contributed by atoms with Crippen LogP contribution in [0.4, 0.5) is 0 Å². The highest BCUT2D eigenvalue weighted by atomic mass is 15.3. The third-order valence-electron chi connectivity index (χ3n) is 5.39. The normalized spacial score (nSPS) is 30.8. The van der Waals surface area contributed by atoms with Gasteiger partial charge in [0.05, 0.1) is 5.54 Å². The van der Waals surface area contributed by atoms with E-state index in [4.69, 9.17) is 0 Å². The van der Waals surface area contributed by atoms with Crippen LogP contribution in [0.5, 0.6) is 0 Å². The number of nitrogens with one attached hydrogen (secondary N) is 1. The summed E-state index contributed by atoms with van der Waals surface area (Å²) < 4.78 is 0. The third-order valence-corrected chi connectivity index (χ3v) is 5.39. The first-order valence-electron chi connectivity index (χ1n) is 8.63. The van der Waals surface area contributed by atoms with Crippen molar-refractivity contribution in [1.29, 1.82) is 0 Å². The Kier molecular flexibility index (Phi) is 4.37. The van der Waals surface area contributed by atoms with Crippen LogP contribution in [-0.4, -0.2) is 30.6 Å². The Morgan fingerprint density at radius 1 is 1.24 bits per heavy atom. The summed E-state index contributed by atoms with van der Waals surface area (Å²) in [6.45, 7) is 10.6. The first kappa shape index (κ1) is 15.1. The number of hydrogen-bond acceptors (Lipinski definition) is 2. The summed E-state index contributed by atoms with van der Waals surface area (Å²) in [6.07, 6.45) is 4.33. The molecular formula is C19H30N2. The van der Waals surface area contributed by atoms with E-state index in [1.165, 1.54) is 31.4 Å². The van der Waals surface area contributed by atoms with Crippen molar-refractivity contribution in [1.82, 2.24) is 10.2 Å². The van der Waals surface area contributed by atoms with Crippen molar-refractivity contribution >= 4 is 0 Å². The van der Waals surface area contributed by atoms with Crippen LogP contribution in [0.1, 0.15) is 45.6 Å². The Morgan fingerprint density at radius 2 is 1.95 bits per heavy atom. The second-order valence-corrected chi connectivity index (χ2v) is 7.59. The van der Waals surface area contributed by atoms with Gasteiger partial charge in [0.1, 0.15) is 0 Å². The van der Waals surface area contributed by atoms with E-state index in [0.717, 1.165) is 24.9 Å². The summed E-state index contributed by atoms with van der Waals surface area (Å²) in [7, 11) is 0. The highest BCUT2D eigenvalue weighted by Crippen LogP contribution is 2.34. The van der Waals surface area contributed by atoms with Crippen LogP contribution < -0.4 is 5.32 Å². The van der Waals surface area contributed by atoms with Crippen molar-refractivity contribution in [2.24, 2.45) is 11.8 Å². The fourth-order valence-corrected chi connectivity index (χ4v) is 3.69. The lowest BCUT2D eigenvalue weighted by atomic mass is 9.86. The Labute approximate surface area is 129 Å². The minimum absolute atomic E-state index is 0.0935. The van der Waals surface area contributed by atoms with Crippen molar-refractivity contribution < 1.29 is 0 Å². The van der Waals surface area contributed by atoms with Crippen LogP contribution in [0.25, 0.3) is 0 Å². The van der Waals surface area contributed by atoms with Gasteiger partial charge in [-0.05, 0) is 37.3 Å². The number of nitrogens with zero attached hydrogens (tertiary/aromatic N) is 1. The first-order chi connectivity index (χ1) is 10.1. The predicted octanol–water partition coefficient (Wildman–Crippen LogP) is 3.63. The maximum Gasteiger partial charge on any atom is 0.0535 e. The van der Waals surface area contributed by atoms with Gasteiger partial charge in [-0.2, -0.15) is 0 Å². The quantitative estimate of drug-likeness (QED) is 0.889. The molecule has 2 aliphatic rings. The van der Waals surface area contributed by atoms with Gasteiger partial charge in [-0.1, -0.05) is 57.0 Å². The molecule has 0 spiro atoms. The molecule has 1 aliphatic carbocycles. The van der Waals surface area contributed by atoms with Crippen LogP contribution in [0.3, 0.4) is 0 Å². The molecule has 1 heterocycles. The van der Waals surface area contributed by atoms with E-state index in [2.05, 4.69) is 61.3 Å². The van der Waals surface area contributed by atoms with Crippen LogP contribution >= 0.6 is 0 Å². The second kappa shape index (κ2) is 6.10. The van der Waals surface area contributed by atoms with E-state index < -0.39 is 0 Å². The fraction of sp³-hybridized carbons (Fsp3) is 0.684. The van der Waals surface area contributed by atoms with E-state index in [-0.39, 0.29) is 5.54 Å². The van der Waals surface area contributed by atoms with Gasteiger partial charge in [-0.3, -0.25) is 4.90 Å². The van der Waals surface area contributed by atoms with E-state index in [9.17, 15) is 0 Å². The Morgan fingerprint density at radius 3 is 2.57 bits per heavy atom. The van der Waals surface area contributed by atoms with Crippen molar-refractivity contribution in [3.05, 3.63) is 35.9 Å². The fourth-order valence-electron chi connectivity index (χ4n) is 3.69. The van der Waals surface area contributed by atoms with Crippen molar-refractivity contribution in [2.45, 2.75) is 51.6 Å². The van der Waals surface area contributed by atoms with Gasteiger partial charge in [-0.25, -0.2) is 0 Å². The molecule has 2 atom stereocenters. The van der Waals surface area contributed by atoms with Crippen LogP contribution in [0.2, 0.25) is 0 Å². The zero-order valence-electron chi connectivity index (χ0n) is 13.8. The van der Waals surface area contributed by atoms with E-state index >= 15 is 0 Å². The van der Waals surface area contributed by atoms with Crippen LogP contribution in [0, 0.1) is 11.8 Å². The molecule has 0 amide bonds. The molecule has 0 bridgehead atoms. The standard InChI is InChI=1S/C19H30N2/c1-15(2)18-13-20-19(3,17-7-5-4-6-8-17)14-21(18)12-11-16-9-10-16/h4-8,15-16,18,20H,9-14H2,1-3H3. The molecule has 2 fully saturated rings. The number of rotatable bonds is 5. The van der Waals surface area contributed by atoms with Gasteiger partial charge in [0.15, 0.2) is 0 Å². The molecule has 21 heavy (non-hydrogen) atoms. The minimum atomic E-state index is 0.0935. The highest BCUT2D eigenvalue weighted by Gasteiger charge is 2.38. The van der Waals surface area contributed by atoms with Crippen molar-refractivity contribution in [3.8, 4) is 0 Å². The Balaban J connectivity index is 1.73. The molecule has 1 N–H and O–H groups in total. The van der Waals surface area contributed by atoms with Gasteiger partial charge in [0.2, 0.25) is 0 Å². The monoisotopic (exact) mass is 286 g/mol. The lowest BCUT2D eigenvalue weighted by molar-refractivity contribution is 0.0587. The van der Waals surface area contributed by atoms with Crippen LogP contribution in [0.15, 0.2) is 30.3 Å². The highest BCUT2D eigenvalue weighted by molar-refractivity contribution is 5.25. The second-order valence-electron chi connectivity index (χ2n) is 7.59. The molecule has 2 nitrogen and oxygen atoms in total. The molecule has 1 aliphatic heterocycles. The van der Waals surface area contributed by atoms with Gasteiger partial charge < -0.3 is 5.32 Å². The molecule has 1 aromatic rings. The summed E-state index contributed by atoms with van der Waals surface area (Å²) in [4.78, 5) is 2.76. The maximum atomic E-state index is 3.83. The summed E-state index contributed by atoms with van der Waals surface area (Å²) >= 11 is 0. The summed E-state index contributed by atoms with van der Waals surface area (Å²) in [6, 6.07) is 11.6. The third kappa shape index (κ3) is 3.49. The molecular weight excluding hydrogens is 256 g/mol. The topological polar surface area (TPSA) is 15.3 Å². The smallest absolute Gasteiger partial charge is 0.0535 e. The minimum Gasteiger partial charge on any atom is -0.305 e. The molecule has 1 aromatic carbocycles. The molecule has 1 saturated heterocycles. The van der Waals surface area contributed by atoms with Crippen molar-refractivity contribution in [2.75, 3.05) is 19.6 Å². The van der Waals surface area contributed by atoms with Gasteiger partial charge in [0, 0.05) is 19.1 Å². The zero-order valence-corrected chi connectivity index (χ0v) is 13.8. The average molecular weight is 286 g/mol. The lowest BCUT2D eigenvalue weighted by Crippen LogP contribution is -2.62. The molecule has 3 rings (SSSR count). The van der Waals surface area contributed by atoms with Crippen molar-refractivity contribution in [3.63, 3.8) is 0 Å². The average Bonchev–Trinajstić information content (AvgIpc) is 3.30. The predicted molar refractivity (Wildman–Crippen MR) is 89.3 cm³/mol. The van der Waals surface area contributed by atoms with Crippen LogP contribution in [-0.2, 0) is 5.54 Å². The molecule has 116 valence electrons. The SMILES string of the molecule is CC(C)C1CNC(C)(c2ccccc2)CN1CCC1CC1. The van der Waals surface area contributed by atoms with E-state index in [1.807, 2.05) is 0 Å². The lowest BCUT2D eigenvalue weighted by Gasteiger charge is -2.48. The first-order valence-corrected chi connectivity index (χ1v) is 8.63. The molecule has 0 radical (unpaired) electrons. The van der Waals surface area contributed by atoms with Gasteiger partial charge in [-0.15, -0.1) is 0 Å². The maximum absolute atomic E-state index is 3.83. The molecule has 0 aromatic heterocycles. The summed E-state index contributed by atoms with van der Waals surface area (Å²) in [5, 5.41) is 3.83. The summed E-state index contributed by atoms with van der Waals surface area (Å²) in [5.41, 5.74) is 1.51. The van der Waals surface area contributed by atoms with E-state index in [1.54, 1.807) is 0 Å². The Hall–Kier alpha value is -0.860. The largest absolute Gasteiger partial charge is 0.305 e. The Bertz CT molecular complexity index is 452.